The molecule has 0 spiro atoms. The van der Waals surface area contributed by atoms with Gasteiger partial charge in [-0.1, -0.05) is 41.4 Å². The highest BCUT2D eigenvalue weighted by Crippen LogP contribution is 2.26. The molecule has 1 heterocycles. The first kappa shape index (κ1) is 13.2. The zero-order chi connectivity index (χ0) is 14.1. The summed E-state index contributed by atoms with van der Waals surface area (Å²) in [5.74, 6) is -0.418. The number of rotatable bonds is 2. The largest absolute Gasteiger partial charge is 0.236 e. The van der Waals surface area contributed by atoms with Gasteiger partial charge in [-0.2, -0.15) is 5.10 Å². The third-order valence-corrected chi connectivity index (χ3v) is 3.45. The lowest BCUT2D eigenvalue weighted by atomic mass is 10.1. The molecule has 0 saturated heterocycles. The van der Waals surface area contributed by atoms with Crippen LogP contribution in [0, 0.1) is 5.82 Å². The molecule has 0 bridgehead atoms. The molecular formula is C15H9Cl2FN2. The quantitative estimate of drug-likeness (QED) is 0.652. The lowest BCUT2D eigenvalue weighted by Crippen LogP contribution is -1.98. The summed E-state index contributed by atoms with van der Waals surface area (Å²) in [5, 5.41) is 5.11. The molecule has 0 unspecified atom stereocenters. The van der Waals surface area contributed by atoms with Crippen LogP contribution in [-0.2, 0) is 0 Å². The molecular weight excluding hydrogens is 298 g/mol. The summed E-state index contributed by atoms with van der Waals surface area (Å²) in [6.07, 6.45) is 3.37. The first-order valence-electron chi connectivity index (χ1n) is 5.90. The van der Waals surface area contributed by atoms with E-state index >= 15 is 0 Å². The maximum Gasteiger partial charge on any atom is 0.150 e. The van der Waals surface area contributed by atoms with E-state index in [0.29, 0.717) is 10.0 Å². The zero-order valence-corrected chi connectivity index (χ0v) is 11.7. The predicted octanol–water partition coefficient (Wildman–Crippen LogP) is 4.99. The van der Waals surface area contributed by atoms with Gasteiger partial charge >= 0.3 is 0 Å². The van der Waals surface area contributed by atoms with Gasteiger partial charge in [0, 0.05) is 16.8 Å². The van der Waals surface area contributed by atoms with Crippen LogP contribution in [0.25, 0.3) is 16.8 Å². The van der Waals surface area contributed by atoms with Crippen molar-refractivity contribution in [3.63, 3.8) is 0 Å². The van der Waals surface area contributed by atoms with Crippen LogP contribution in [0.15, 0.2) is 54.9 Å². The molecule has 0 aliphatic heterocycles. The van der Waals surface area contributed by atoms with E-state index in [-0.39, 0.29) is 5.69 Å². The van der Waals surface area contributed by atoms with Crippen molar-refractivity contribution in [3.05, 3.63) is 70.7 Å². The van der Waals surface area contributed by atoms with E-state index in [1.165, 1.54) is 10.7 Å². The van der Waals surface area contributed by atoms with Crippen molar-refractivity contribution in [1.82, 2.24) is 9.78 Å². The minimum absolute atomic E-state index is 0.238. The van der Waals surface area contributed by atoms with Crippen LogP contribution in [0.2, 0.25) is 10.0 Å². The number of nitrogens with zero attached hydrogens (tertiary/aromatic N) is 2. The lowest BCUT2D eigenvalue weighted by Gasteiger charge is -2.05. The van der Waals surface area contributed by atoms with Gasteiger partial charge in [0.2, 0.25) is 0 Å². The smallest absolute Gasteiger partial charge is 0.150 e. The highest BCUT2D eigenvalue weighted by atomic mass is 35.5. The van der Waals surface area contributed by atoms with Gasteiger partial charge in [0.25, 0.3) is 0 Å². The number of halogens is 3. The third-order valence-electron chi connectivity index (χ3n) is 2.91. The maximum atomic E-state index is 13.8. The summed E-state index contributed by atoms with van der Waals surface area (Å²) in [6, 6.07) is 11.9. The van der Waals surface area contributed by atoms with Gasteiger partial charge in [-0.05, 0) is 29.8 Å². The molecule has 0 aliphatic carbocycles. The highest BCUT2D eigenvalue weighted by molar-refractivity contribution is 6.32. The molecule has 20 heavy (non-hydrogen) atoms. The Morgan fingerprint density at radius 3 is 2.55 bits per heavy atom. The Balaban J connectivity index is 2.07. The molecule has 0 radical (unpaired) electrons. The van der Waals surface area contributed by atoms with Gasteiger partial charge in [0.1, 0.15) is 11.5 Å². The second-order valence-corrected chi connectivity index (χ2v) is 5.10. The second-order valence-electron chi connectivity index (χ2n) is 4.25. The minimum atomic E-state index is -0.418. The van der Waals surface area contributed by atoms with Gasteiger partial charge < -0.3 is 0 Å². The van der Waals surface area contributed by atoms with Gasteiger partial charge in [-0.15, -0.1) is 0 Å². The Morgan fingerprint density at radius 2 is 1.80 bits per heavy atom. The average molecular weight is 307 g/mol. The van der Waals surface area contributed by atoms with Crippen LogP contribution in [0.5, 0.6) is 0 Å². The zero-order valence-electron chi connectivity index (χ0n) is 10.2. The Bertz CT molecular complexity index is 748. The molecule has 0 aliphatic rings. The Morgan fingerprint density at radius 1 is 1.00 bits per heavy atom. The molecule has 0 amide bonds. The van der Waals surface area contributed by atoms with E-state index in [9.17, 15) is 4.39 Å². The molecule has 0 atom stereocenters. The van der Waals surface area contributed by atoms with Crippen LogP contribution in [0.1, 0.15) is 0 Å². The van der Waals surface area contributed by atoms with Crippen LogP contribution < -0.4 is 0 Å². The molecule has 2 aromatic carbocycles. The van der Waals surface area contributed by atoms with Crippen molar-refractivity contribution in [2.24, 2.45) is 0 Å². The molecule has 0 N–H and O–H groups in total. The monoisotopic (exact) mass is 306 g/mol. The number of para-hydroxylation sites is 1. The molecule has 0 saturated carbocycles. The molecule has 2 nitrogen and oxygen atoms in total. The molecule has 100 valence electrons. The summed E-state index contributed by atoms with van der Waals surface area (Å²) in [7, 11) is 0. The minimum Gasteiger partial charge on any atom is -0.236 e. The van der Waals surface area contributed by atoms with Crippen molar-refractivity contribution >= 4 is 23.2 Å². The van der Waals surface area contributed by atoms with E-state index in [1.54, 1.807) is 30.6 Å². The topological polar surface area (TPSA) is 17.8 Å². The molecule has 5 heteroatoms. The summed E-state index contributed by atoms with van der Waals surface area (Å²) in [4.78, 5) is 0. The lowest BCUT2D eigenvalue weighted by molar-refractivity contribution is 0.611. The van der Waals surface area contributed by atoms with E-state index in [0.717, 1.165) is 11.1 Å². The van der Waals surface area contributed by atoms with Gasteiger partial charge in [0.15, 0.2) is 0 Å². The van der Waals surface area contributed by atoms with Gasteiger partial charge in [-0.25, -0.2) is 9.07 Å². The number of hydrogen-bond acceptors (Lipinski definition) is 1. The van der Waals surface area contributed by atoms with Crippen molar-refractivity contribution in [3.8, 4) is 16.8 Å². The SMILES string of the molecule is Fc1cccc(Cl)c1-n1cc(-c2cccc(Cl)c2)cn1. The standard InChI is InChI=1S/C15H9Cl2FN2/c16-12-4-1-3-10(7-12)11-8-19-20(9-11)15-13(17)5-2-6-14(15)18/h1-9H. The number of benzene rings is 2. The van der Waals surface area contributed by atoms with E-state index < -0.39 is 5.82 Å². The molecule has 1 aromatic heterocycles. The fourth-order valence-corrected chi connectivity index (χ4v) is 2.41. The van der Waals surface area contributed by atoms with Crippen molar-refractivity contribution in [2.75, 3.05) is 0 Å². The summed E-state index contributed by atoms with van der Waals surface area (Å²) < 4.78 is 15.3. The summed E-state index contributed by atoms with van der Waals surface area (Å²) in [5.41, 5.74) is 1.99. The second kappa shape index (κ2) is 5.27. The molecule has 0 fully saturated rings. The van der Waals surface area contributed by atoms with Gasteiger partial charge in [-0.3, -0.25) is 0 Å². The first-order chi connectivity index (χ1) is 9.65. The van der Waals surface area contributed by atoms with Crippen molar-refractivity contribution < 1.29 is 4.39 Å². The van der Waals surface area contributed by atoms with Gasteiger partial charge in [0.05, 0.1) is 11.2 Å². The Kier molecular flexibility index (Phi) is 3.47. The molecule has 3 aromatic rings. The first-order valence-corrected chi connectivity index (χ1v) is 6.66. The van der Waals surface area contributed by atoms with Crippen molar-refractivity contribution in [1.29, 1.82) is 0 Å². The van der Waals surface area contributed by atoms with Crippen LogP contribution in [-0.4, -0.2) is 9.78 Å². The average Bonchev–Trinajstić information content (AvgIpc) is 2.88. The van der Waals surface area contributed by atoms with Crippen LogP contribution >= 0.6 is 23.2 Å². The van der Waals surface area contributed by atoms with E-state index in [1.807, 2.05) is 18.2 Å². The fourth-order valence-electron chi connectivity index (χ4n) is 1.97. The number of aromatic nitrogens is 2. The van der Waals surface area contributed by atoms with Crippen LogP contribution in [0.3, 0.4) is 0 Å². The normalized spacial score (nSPS) is 10.8. The Labute approximate surface area is 125 Å². The summed E-state index contributed by atoms with van der Waals surface area (Å²) >= 11 is 12.0. The Hall–Kier alpha value is -1.84. The third kappa shape index (κ3) is 2.42. The van der Waals surface area contributed by atoms with Crippen molar-refractivity contribution in [2.45, 2.75) is 0 Å². The molecule has 3 rings (SSSR count). The fraction of sp³-hybridized carbons (Fsp3) is 0. The number of hydrogen-bond donors (Lipinski definition) is 0. The summed E-state index contributed by atoms with van der Waals surface area (Å²) in [6.45, 7) is 0. The van der Waals surface area contributed by atoms with E-state index in [4.69, 9.17) is 23.2 Å². The van der Waals surface area contributed by atoms with Crippen LogP contribution in [0.4, 0.5) is 4.39 Å². The highest BCUT2D eigenvalue weighted by Gasteiger charge is 2.11. The predicted molar refractivity (Wildman–Crippen MR) is 79.0 cm³/mol. The maximum absolute atomic E-state index is 13.8. The van der Waals surface area contributed by atoms with E-state index in [2.05, 4.69) is 5.10 Å².